The average Bonchev–Trinajstić information content (AvgIpc) is 3.43. The molecule has 280 valence electrons. The number of hydrogen-bond acceptors (Lipinski definition) is 4. The van der Waals surface area contributed by atoms with Crippen LogP contribution in [-0.2, 0) is 20.7 Å². The van der Waals surface area contributed by atoms with Crippen molar-refractivity contribution in [3.8, 4) is 0 Å². The molecule has 5 rings (SSSR count). The number of amides is 1. The quantitative estimate of drug-likeness (QED) is 0.0640. The first-order valence-corrected chi connectivity index (χ1v) is 23.0. The molecule has 0 bridgehead atoms. The summed E-state index contributed by atoms with van der Waals surface area (Å²) in [5.74, 6) is 4.81. The van der Waals surface area contributed by atoms with Crippen molar-refractivity contribution in [1.29, 1.82) is 0 Å². The second kappa shape index (κ2) is 17.6. The van der Waals surface area contributed by atoms with Gasteiger partial charge in [0.05, 0.1) is 5.69 Å². The molecular weight excluding hydrogens is 961 g/mol. The van der Waals surface area contributed by atoms with E-state index in [2.05, 4.69) is 127 Å². The zero-order valence-electron chi connectivity index (χ0n) is 31.5. The Balaban J connectivity index is 1.08. The van der Waals surface area contributed by atoms with Gasteiger partial charge in [0.2, 0.25) is 5.91 Å². The van der Waals surface area contributed by atoms with Gasteiger partial charge in [-0.25, -0.2) is 0 Å². The van der Waals surface area contributed by atoms with Crippen LogP contribution in [0.5, 0.6) is 0 Å². The molecule has 0 saturated heterocycles. The molecule has 1 aromatic rings. The number of ether oxygens (including phenoxy) is 1. The summed E-state index contributed by atoms with van der Waals surface area (Å²) in [6.07, 6.45) is 18.9. The lowest BCUT2D eigenvalue weighted by atomic mass is 9.47. The molecule has 50 heavy (non-hydrogen) atoms. The topological polar surface area (TPSA) is 81.4 Å². The third-order valence-electron chi connectivity index (χ3n) is 14.0. The monoisotopic (exact) mass is 1020 g/mol. The lowest BCUT2D eigenvalue weighted by Gasteiger charge is -2.58. The van der Waals surface area contributed by atoms with E-state index in [4.69, 9.17) is 10.5 Å². The van der Waals surface area contributed by atoms with Crippen LogP contribution in [0.1, 0.15) is 137 Å². The fraction of sp³-hybridized carbons (Fsp3) is 0.762. The summed E-state index contributed by atoms with van der Waals surface area (Å²) in [6, 6.07) is 2.09. The highest BCUT2D eigenvalue weighted by Crippen LogP contribution is 2.67. The molecule has 8 heteroatoms. The van der Waals surface area contributed by atoms with E-state index in [0.717, 1.165) is 83.2 Å². The molecule has 0 radical (unpaired) electrons. The molecule has 3 fully saturated rings. The van der Waals surface area contributed by atoms with E-state index in [-0.39, 0.29) is 29.3 Å². The maximum absolute atomic E-state index is 13.1. The smallest absolute Gasteiger partial charge is 0.306 e. The zero-order valence-corrected chi connectivity index (χ0v) is 38.0. The van der Waals surface area contributed by atoms with Gasteiger partial charge in [0.1, 0.15) is 6.10 Å². The van der Waals surface area contributed by atoms with Gasteiger partial charge in [-0.3, -0.25) is 9.59 Å². The summed E-state index contributed by atoms with van der Waals surface area (Å²) in [5, 5.41) is 3.09. The highest BCUT2D eigenvalue weighted by Gasteiger charge is 2.59. The molecule has 0 aliphatic heterocycles. The van der Waals surface area contributed by atoms with Crippen LogP contribution in [0.25, 0.3) is 0 Å². The summed E-state index contributed by atoms with van der Waals surface area (Å²) in [7, 11) is 0. The van der Waals surface area contributed by atoms with Gasteiger partial charge in [0.25, 0.3) is 0 Å². The fourth-order valence-electron chi connectivity index (χ4n) is 11.1. The van der Waals surface area contributed by atoms with E-state index in [1.54, 1.807) is 5.57 Å². The van der Waals surface area contributed by atoms with E-state index in [9.17, 15) is 9.59 Å². The predicted molar refractivity (Wildman–Crippen MR) is 232 cm³/mol. The first kappa shape index (κ1) is 41.1. The summed E-state index contributed by atoms with van der Waals surface area (Å²) in [6.45, 7) is 15.1. The molecule has 3 N–H and O–H groups in total. The standard InChI is InChI=1S/C42H63I3N2O3/c1-7-27(22-31-35(43)24-36(44)39(46)38(31)45)40(49)47-21-9-12-37(48)50-29-17-19-41(5)28(23-29)13-14-30-33-16-15-32(26(4)11-8-10-25(2)3)42(33,6)20-18-34(30)41/h13,24-27,29-30,32-34H,7-12,14-23,46H2,1-6H3,(H,47,49)/t26-,27?,29+,30+,32-,33+,34+,41+,42-/m1/s1. The van der Waals surface area contributed by atoms with Crippen molar-refractivity contribution in [3.63, 3.8) is 0 Å². The van der Waals surface area contributed by atoms with Crippen LogP contribution in [0.4, 0.5) is 5.69 Å². The number of allylic oxidation sites excluding steroid dienone is 1. The number of nitrogens with two attached hydrogens (primary N) is 1. The van der Waals surface area contributed by atoms with Crippen LogP contribution in [0.3, 0.4) is 0 Å². The number of rotatable bonds is 14. The van der Waals surface area contributed by atoms with Gasteiger partial charge < -0.3 is 15.8 Å². The van der Waals surface area contributed by atoms with Crippen molar-refractivity contribution in [2.45, 2.75) is 144 Å². The van der Waals surface area contributed by atoms with Crippen LogP contribution in [-0.4, -0.2) is 24.5 Å². The minimum absolute atomic E-state index is 0.0137. The van der Waals surface area contributed by atoms with Crippen molar-refractivity contribution < 1.29 is 14.3 Å². The van der Waals surface area contributed by atoms with Crippen molar-refractivity contribution in [2.24, 2.45) is 52.3 Å². The molecule has 9 atom stereocenters. The van der Waals surface area contributed by atoms with Crippen molar-refractivity contribution in [2.75, 3.05) is 12.3 Å². The second-order valence-electron chi connectivity index (χ2n) is 17.4. The van der Waals surface area contributed by atoms with E-state index >= 15 is 0 Å². The first-order chi connectivity index (χ1) is 23.7. The lowest BCUT2D eigenvalue weighted by Crippen LogP contribution is -2.51. The average molecular weight is 1020 g/mol. The third-order valence-corrected chi connectivity index (χ3v) is 17.1. The van der Waals surface area contributed by atoms with Crippen molar-refractivity contribution in [1.82, 2.24) is 5.32 Å². The Morgan fingerprint density at radius 2 is 1.76 bits per heavy atom. The maximum atomic E-state index is 13.1. The largest absolute Gasteiger partial charge is 0.462 e. The van der Waals surface area contributed by atoms with Crippen LogP contribution >= 0.6 is 67.8 Å². The Hall–Kier alpha value is -0.110. The highest BCUT2D eigenvalue weighted by atomic mass is 127. The molecule has 1 unspecified atom stereocenters. The summed E-state index contributed by atoms with van der Waals surface area (Å²) in [4.78, 5) is 26.1. The van der Waals surface area contributed by atoms with E-state index in [1.165, 1.54) is 51.4 Å². The second-order valence-corrected chi connectivity index (χ2v) is 20.8. The Morgan fingerprint density at radius 1 is 1.00 bits per heavy atom. The summed E-state index contributed by atoms with van der Waals surface area (Å²) < 4.78 is 9.32. The molecule has 0 spiro atoms. The van der Waals surface area contributed by atoms with Crippen LogP contribution < -0.4 is 11.1 Å². The molecule has 1 aromatic carbocycles. The van der Waals surface area contributed by atoms with Crippen LogP contribution in [0.15, 0.2) is 17.7 Å². The lowest BCUT2D eigenvalue weighted by molar-refractivity contribution is -0.151. The van der Waals surface area contributed by atoms with Gasteiger partial charge in [-0.1, -0.05) is 72.5 Å². The minimum atomic E-state index is -0.125. The van der Waals surface area contributed by atoms with Gasteiger partial charge in [-0.2, -0.15) is 0 Å². The molecule has 1 amide bonds. The van der Waals surface area contributed by atoms with Gasteiger partial charge in [0.15, 0.2) is 0 Å². The number of carbonyl (C=O) groups is 2. The van der Waals surface area contributed by atoms with Gasteiger partial charge in [-0.05, 0) is 190 Å². The number of fused-ring (bicyclic) bond motifs is 5. The summed E-state index contributed by atoms with van der Waals surface area (Å²) >= 11 is 6.91. The fourth-order valence-corrected chi connectivity index (χ4v) is 14.9. The highest BCUT2D eigenvalue weighted by molar-refractivity contribution is 14.1. The minimum Gasteiger partial charge on any atom is -0.462 e. The number of anilines is 1. The molecular formula is C42H63I3N2O3. The summed E-state index contributed by atoms with van der Waals surface area (Å²) in [5.41, 5.74) is 10.6. The number of nitrogens with one attached hydrogen (secondary N) is 1. The van der Waals surface area contributed by atoms with Crippen LogP contribution in [0.2, 0.25) is 0 Å². The number of benzene rings is 1. The molecule has 4 aliphatic carbocycles. The normalized spacial score (nSPS) is 31.6. The van der Waals surface area contributed by atoms with Gasteiger partial charge in [0, 0.05) is 36.0 Å². The molecule has 3 saturated carbocycles. The van der Waals surface area contributed by atoms with Gasteiger partial charge >= 0.3 is 5.97 Å². The van der Waals surface area contributed by atoms with E-state index in [1.807, 2.05) is 0 Å². The third kappa shape index (κ3) is 8.88. The number of nitrogen functional groups attached to an aromatic ring is 1. The van der Waals surface area contributed by atoms with Crippen molar-refractivity contribution >= 4 is 85.3 Å². The Labute approximate surface area is 344 Å². The molecule has 0 heterocycles. The number of hydrogen-bond donors (Lipinski definition) is 2. The van der Waals surface area contributed by atoms with Crippen LogP contribution in [0, 0.1) is 63.0 Å². The molecule has 4 aliphatic rings. The Morgan fingerprint density at radius 3 is 2.48 bits per heavy atom. The first-order valence-electron chi connectivity index (χ1n) is 19.8. The number of esters is 1. The van der Waals surface area contributed by atoms with Crippen molar-refractivity contribution in [3.05, 3.63) is 34.0 Å². The Kier molecular flexibility index (Phi) is 14.4. The molecule has 0 aromatic heterocycles. The van der Waals surface area contributed by atoms with Gasteiger partial charge in [-0.15, -0.1) is 0 Å². The predicted octanol–water partition coefficient (Wildman–Crippen LogP) is 11.5. The SMILES string of the molecule is CCC(Cc1c(I)cc(I)c(N)c1I)C(=O)NCCCC(=O)O[C@H]1CC[C@@]2(C)C(=CC[C@H]3[C@@H]4CC[C@H]([C@H](C)CCCC(C)C)[C@@]4(C)CC[C@@H]32)C1. The zero-order chi connectivity index (χ0) is 36.4. The number of halogens is 3. The Bertz CT molecular complexity index is 1410. The maximum Gasteiger partial charge on any atom is 0.306 e. The number of carbonyl (C=O) groups excluding carboxylic acids is 2. The van der Waals surface area contributed by atoms with E-state index < -0.39 is 0 Å². The molecule has 5 nitrogen and oxygen atoms in total. The van der Waals surface area contributed by atoms with E-state index in [0.29, 0.717) is 31.2 Å².